The third-order valence-corrected chi connectivity index (χ3v) is 3.63. The van der Waals surface area contributed by atoms with Gasteiger partial charge in [0.25, 0.3) is 0 Å². The molecule has 1 unspecified atom stereocenters. The summed E-state index contributed by atoms with van der Waals surface area (Å²) >= 11 is 0. The number of ether oxygens (including phenoxy) is 2. The molecule has 2 aromatic rings. The van der Waals surface area contributed by atoms with Crippen LogP contribution in [0.3, 0.4) is 0 Å². The SMILES string of the molecule is COc1ccc(OC)c(CC(C#N)c2ccc(C(=O)O)cc2)c1. The van der Waals surface area contributed by atoms with E-state index in [1.54, 1.807) is 38.5 Å². The van der Waals surface area contributed by atoms with Crippen molar-refractivity contribution in [3.05, 3.63) is 59.2 Å². The Balaban J connectivity index is 2.29. The van der Waals surface area contributed by atoms with E-state index in [9.17, 15) is 10.1 Å². The molecule has 0 radical (unpaired) electrons. The first kappa shape index (κ1) is 16.4. The number of benzene rings is 2. The number of carbonyl (C=O) groups is 1. The van der Waals surface area contributed by atoms with Gasteiger partial charge >= 0.3 is 5.97 Å². The van der Waals surface area contributed by atoms with Crippen LogP contribution in [-0.4, -0.2) is 25.3 Å². The second-order valence-electron chi connectivity index (χ2n) is 4.99. The topological polar surface area (TPSA) is 79.5 Å². The summed E-state index contributed by atoms with van der Waals surface area (Å²) in [6.45, 7) is 0. The highest BCUT2D eigenvalue weighted by atomic mass is 16.5. The van der Waals surface area contributed by atoms with E-state index in [-0.39, 0.29) is 5.56 Å². The normalized spacial score (nSPS) is 11.3. The third-order valence-electron chi connectivity index (χ3n) is 3.63. The quantitative estimate of drug-likeness (QED) is 0.885. The molecule has 0 aromatic heterocycles. The molecule has 2 rings (SSSR count). The average Bonchev–Trinajstić information content (AvgIpc) is 2.59. The number of hydrogen-bond donors (Lipinski definition) is 1. The molecule has 0 aliphatic heterocycles. The fraction of sp³-hybridized carbons (Fsp3) is 0.222. The second kappa shape index (κ2) is 7.32. The molecule has 0 heterocycles. The van der Waals surface area contributed by atoms with Crippen LogP contribution in [0.2, 0.25) is 0 Å². The molecule has 0 amide bonds. The summed E-state index contributed by atoms with van der Waals surface area (Å²) in [7, 11) is 3.16. The maximum atomic E-state index is 10.9. The number of nitrogens with zero attached hydrogens (tertiary/aromatic N) is 1. The van der Waals surface area contributed by atoms with Crippen molar-refractivity contribution in [3.63, 3.8) is 0 Å². The van der Waals surface area contributed by atoms with Crippen LogP contribution in [0.1, 0.15) is 27.4 Å². The molecule has 0 fully saturated rings. The molecular formula is C18H17NO4. The summed E-state index contributed by atoms with van der Waals surface area (Å²) < 4.78 is 10.5. The molecular weight excluding hydrogens is 294 g/mol. The first-order valence-corrected chi connectivity index (χ1v) is 7.02. The standard InChI is InChI=1S/C18H17NO4/c1-22-16-7-8-17(23-2)14(10-16)9-15(11-19)12-3-5-13(6-4-12)18(20)21/h3-8,10,15H,9H2,1-2H3,(H,20,21). The first-order chi connectivity index (χ1) is 11.1. The lowest BCUT2D eigenvalue weighted by Gasteiger charge is -2.14. The van der Waals surface area contributed by atoms with Crippen molar-refractivity contribution in [2.75, 3.05) is 14.2 Å². The first-order valence-electron chi connectivity index (χ1n) is 7.02. The average molecular weight is 311 g/mol. The van der Waals surface area contributed by atoms with Gasteiger partial charge in [-0.1, -0.05) is 12.1 Å². The van der Waals surface area contributed by atoms with E-state index in [0.29, 0.717) is 17.9 Å². The highest BCUT2D eigenvalue weighted by Gasteiger charge is 2.16. The molecule has 0 aliphatic carbocycles. The Morgan fingerprint density at radius 2 is 1.87 bits per heavy atom. The lowest BCUT2D eigenvalue weighted by molar-refractivity contribution is 0.0697. The van der Waals surface area contributed by atoms with Gasteiger partial charge in [-0.05, 0) is 47.9 Å². The number of hydrogen-bond acceptors (Lipinski definition) is 4. The van der Waals surface area contributed by atoms with Crippen LogP contribution >= 0.6 is 0 Å². The van der Waals surface area contributed by atoms with Crippen molar-refractivity contribution in [1.82, 2.24) is 0 Å². The maximum Gasteiger partial charge on any atom is 0.335 e. The van der Waals surface area contributed by atoms with Crippen LogP contribution in [0.4, 0.5) is 0 Å². The molecule has 0 bridgehead atoms. The fourth-order valence-corrected chi connectivity index (χ4v) is 2.36. The van der Waals surface area contributed by atoms with Crippen LogP contribution < -0.4 is 9.47 Å². The zero-order chi connectivity index (χ0) is 16.8. The van der Waals surface area contributed by atoms with E-state index in [2.05, 4.69) is 6.07 Å². The minimum atomic E-state index is -0.987. The Hall–Kier alpha value is -3.00. The van der Waals surface area contributed by atoms with E-state index in [1.165, 1.54) is 12.1 Å². The summed E-state index contributed by atoms with van der Waals surface area (Å²) in [6.07, 6.45) is 0.448. The number of rotatable bonds is 6. The van der Waals surface area contributed by atoms with Gasteiger partial charge in [-0.15, -0.1) is 0 Å². The fourth-order valence-electron chi connectivity index (χ4n) is 2.36. The molecule has 1 N–H and O–H groups in total. The van der Waals surface area contributed by atoms with Crippen molar-refractivity contribution in [2.45, 2.75) is 12.3 Å². The number of nitriles is 1. The Morgan fingerprint density at radius 1 is 1.17 bits per heavy atom. The van der Waals surface area contributed by atoms with Gasteiger partial charge in [-0.25, -0.2) is 4.79 Å². The van der Waals surface area contributed by atoms with Gasteiger partial charge in [-0.3, -0.25) is 0 Å². The summed E-state index contributed by atoms with van der Waals surface area (Å²) in [5.41, 5.74) is 1.83. The van der Waals surface area contributed by atoms with Gasteiger partial charge in [0.15, 0.2) is 0 Å². The molecule has 23 heavy (non-hydrogen) atoms. The lowest BCUT2D eigenvalue weighted by Crippen LogP contribution is -2.04. The van der Waals surface area contributed by atoms with Gasteiger partial charge in [-0.2, -0.15) is 5.26 Å². The number of carboxylic acid groups (broad SMARTS) is 1. The molecule has 0 saturated heterocycles. The zero-order valence-electron chi connectivity index (χ0n) is 12.9. The van der Waals surface area contributed by atoms with Crippen molar-refractivity contribution in [1.29, 1.82) is 5.26 Å². The highest BCUT2D eigenvalue weighted by molar-refractivity contribution is 5.87. The number of carboxylic acids is 1. The Bertz CT molecular complexity index is 732. The van der Waals surface area contributed by atoms with Gasteiger partial charge in [0.05, 0.1) is 31.8 Å². The van der Waals surface area contributed by atoms with Crippen LogP contribution in [0.15, 0.2) is 42.5 Å². The summed E-state index contributed by atoms with van der Waals surface area (Å²) in [6, 6.07) is 14.1. The molecule has 0 aliphatic rings. The van der Waals surface area contributed by atoms with Crippen molar-refractivity contribution in [2.24, 2.45) is 0 Å². The third kappa shape index (κ3) is 3.80. The number of methoxy groups -OCH3 is 2. The van der Waals surface area contributed by atoms with Crippen molar-refractivity contribution in [3.8, 4) is 17.6 Å². The lowest BCUT2D eigenvalue weighted by atomic mass is 9.92. The molecule has 0 saturated carbocycles. The van der Waals surface area contributed by atoms with Crippen LogP contribution in [0.5, 0.6) is 11.5 Å². The van der Waals surface area contributed by atoms with Crippen LogP contribution in [0.25, 0.3) is 0 Å². The van der Waals surface area contributed by atoms with E-state index in [4.69, 9.17) is 14.6 Å². The van der Waals surface area contributed by atoms with E-state index >= 15 is 0 Å². The molecule has 0 spiro atoms. The monoisotopic (exact) mass is 311 g/mol. The second-order valence-corrected chi connectivity index (χ2v) is 4.99. The van der Waals surface area contributed by atoms with Crippen LogP contribution in [-0.2, 0) is 6.42 Å². The summed E-state index contributed by atoms with van der Waals surface area (Å²) in [5, 5.41) is 18.4. The molecule has 5 heteroatoms. The van der Waals surface area contributed by atoms with Crippen molar-refractivity contribution < 1.29 is 19.4 Å². The zero-order valence-corrected chi connectivity index (χ0v) is 12.9. The molecule has 1 atom stereocenters. The Morgan fingerprint density at radius 3 is 2.39 bits per heavy atom. The minimum absolute atomic E-state index is 0.199. The van der Waals surface area contributed by atoms with Gasteiger partial charge < -0.3 is 14.6 Å². The van der Waals surface area contributed by atoms with Crippen LogP contribution in [0, 0.1) is 11.3 Å². The van der Waals surface area contributed by atoms with Gasteiger partial charge in [0.2, 0.25) is 0 Å². The Kier molecular flexibility index (Phi) is 5.21. The smallest absolute Gasteiger partial charge is 0.335 e. The predicted octanol–water partition coefficient (Wildman–Crippen LogP) is 3.25. The minimum Gasteiger partial charge on any atom is -0.497 e. The number of aromatic carboxylic acids is 1. The van der Waals surface area contributed by atoms with Gasteiger partial charge in [0.1, 0.15) is 11.5 Å². The maximum absolute atomic E-state index is 10.9. The van der Waals surface area contributed by atoms with E-state index in [1.807, 2.05) is 6.07 Å². The summed E-state index contributed by atoms with van der Waals surface area (Å²) in [5.74, 6) is -0.00899. The Labute approximate surface area is 134 Å². The molecule has 118 valence electrons. The molecule has 2 aromatic carbocycles. The summed E-state index contributed by atoms with van der Waals surface area (Å²) in [4.78, 5) is 10.9. The van der Waals surface area contributed by atoms with Gasteiger partial charge in [0, 0.05) is 0 Å². The largest absolute Gasteiger partial charge is 0.497 e. The van der Waals surface area contributed by atoms with Crippen molar-refractivity contribution >= 4 is 5.97 Å². The van der Waals surface area contributed by atoms with E-state index in [0.717, 1.165) is 11.1 Å². The predicted molar refractivity (Wildman–Crippen MR) is 85.0 cm³/mol. The molecule has 5 nitrogen and oxygen atoms in total. The van der Waals surface area contributed by atoms with E-state index < -0.39 is 11.9 Å². The highest BCUT2D eigenvalue weighted by Crippen LogP contribution is 2.29.